The number of amides is 2. The van der Waals surface area contributed by atoms with Gasteiger partial charge >= 0.3 is 0 Å². The Bertz CT molecular complexity index is 1050. The molecule has 0 radical (unpaired) electrons. The molecule has 1 saturated heterocycles. The Labute approximate surface area is 187 Å². The molecule has 0 unspecified atom stereocenters. The molecule has 0 bridgehead atoms. The molecular weight excluding hydrogens is 472 g/mol. The number of hydrogen-bond acceptors (Lipinski definition) is 6. The van der Waals surface area contributed by atoms with E-state index in [0.717, 1.165) is 0 Å². The maximum atomic E-state index is 13.2. The van der Waals surface area contributed by atoms with Crippen LogP contribution in [0.5, 0.6) is 17.2 Å². The van der Waals surface area contributed by atoms with Crippen molar-refractivity contribution in [2.75, 3.05) is 25.7 Å². The molecule has 156 valence electrons. The van der Waals surface area contributed by atoms with Crippen molar-refractivity contribution >= 4 is 56.8 Å². The standard InChI is InChI=1S/C21H19BrN2O5S/c1-4-29-14-7-5-6-13(10-14)24-20(26)15(19(25)23-21(24)30)8-12-9-16(22)18(28-3)11-17(12)27-2/h5-11H,4H2,1-3H3,(H,23,25,30)/b15-8+. The first-order chi connectivity index (χ1) is 14.4. The highest BCUT2D eigenvalue weighted by atomic mass is 79.9. The first-order valence-corrected chi connectivity index (χ1v) is 10.2. The molecule has 2 amide bonds. The SMILES string of the molecule is CCOc1cccc(N2C(=O)/C(=C/c3cc(Br)c(OC)cc3OC)C(=O)NC2=S)c1. The molecule has 0 aliphatic carbocycles. The van der Waals surface area contributed by atoms with Gasteiger partial charge < -0.3 is 14.2 Å². The lowest BCUT2D eigenvalue weighted by Gasteiger charge is -2.29. The summed E-state index contributed by atoms with van der Waals surface area (Å²) < 4.78 is 16.8. The van der Waals surface area contributed by atoms with Crippen LogP contribution in [0.15, 0.2) is 46.4 Å². The third-order valence-corrected chi connectivity index (χ3v) is 5.20. The third kappa shape index (κ3) is 4.31. The monoisotopic (exact) mass is 490 g/mol. The Morgan fingerprint density at radius 3 is 2.53 bits per heavy atom. The molecule has 9 heteroatoms. The summed E-state index contributed by atoms with van der Waals surface area (Å²) in [6.07, 6.45) is 1.46. The van der Waals surface area contributed by atoms with Crippen LogP contribution in [-0.2, 0) is 9.59 Å². The van der Waals surface area contributed by atoms with Crippen LogP contribution in [0, 0.1) is 0 Å². The number of carbonyl (C=O) groups excluding carboxylic acids is 2. The van der Waals surface area contributed by atoms with E-state index in [0.29, 0.717) is 39.6 Å². The third-order valence-electron chi connectivity index (χ3n) is 4.29. The minimum absolute atomic E-state index is 0.00123. The second-order valence-electron chi connectivity index (χ2n) is 6.12. The maximum absolute atomic E-state index is 13.2. The van der Waals surface area contributed by atoms with E-state index in [1.165, 1.54) is 25.2 Å². The first kappa shape index (κ1) is 21.8. The van der Waals surface area contributed by atoms with Crippen molar-refractivity contribution in [2.45, 2.75) is 6.92 Å². The molecule has 0 saturated carbocycles. The molecule has 2 aromatic carbocycles. The number of rotatable bonds is 6. The maximum Gasteiger partial charge on any atom is 0.270 e. The number of thiocarbonyl (C=S) groups is 1. The van der Waals surface area contributed by atoms with Crippen LogP contribution in [0.4, 0.5) is 5.69 Å². The summed E-state index contributed by atoms with van der Waals surface area (Å²) in [6.45, 7) is 2.35. The Hall–Kier alpha value is -2.91. The molecule has 3 rings (SSSR count). The number of carbonyl (C=O) groups is 2. The van der Waals surface area contributed by atoms with Gasteiger partial charge in [0.1, 0.15) is 22.8 Å². The summed E-state index contributed by atoms with van der Waals surface area (Å²) in [7, 11) is 3.03. The average molecular weight is 491 g/mol. The zero-order valence-corrected chi connectivity index (χ0v) is 18.9. The van der Waals surface area contributed by atoms with Gasteiger partial charge in [0.25, 0.3) is 11.8 Å². The number of methoxy groups -OCH3 is 2. The molecule has 7 nitrogen and oxygen atoms in total. The Balaban J connectivity index is 2.05. The van der Waals surface area contributed by atoms with Gasteiger partial charge in [-0.25, -0.2) is 0 Å². The van der Waals surface area contributed by atoms with Crippen molar-refractivity contribution in [2.24, 2.45) is 0 Å². The second kappa shape index (κ2) is 9.27. The van der Waals surface area contributed by atoms with E-state index in [1.54, 1.807) is 36.4 Å². The van der Waals surface area contributed by atoms with Crippen LogP contribution in [-0.4, -0.2) is 37.8 Å². The van der Waals surface area contributed by atoms with Crippen LogP contribution < -0.4 is 24.4 Å². The van der Waals surface area contributed by atoms with Gasteiger partial charge in [-0.2, -0.15) is 0 Å². The Morgan fingerprint density at radius 1 is 1.13 bits per heavy atom. The van der Waals surface area contributed by atoms with Gasteiger partial charge in [0.15, 0.2) is 5.11 Å². The molecular formula is C21H19BrN2O5S. The molecule has 30 heavy (non-hydrogen) atoms. The van der Waals surface area contributed by atoms with Crippen molar-refractivity contribution in [3.8, 4) is 17.2 Å². The van der Waals surface area contributed by atoms with Crippen molar-refractivity contribution in [3.63, 3.8) is 0 Å². The van der Waals surface area contributed by atoms with E-state index in [4.69, 9.17) is 26.4 Å². The minimum atomic E-state index is -0.587. The topological polar surface area (TPSA) is 77.1 Å². The summed E-state index contributed by atoms with van der Waals surface area (Å²) >= 11 is 8.65. The lowest BCUT2D eigenvalue weighted by atomic mass is 10.1. The van der Waals surface area contributed by atoms with Crippen LogP contribution >= 0.6 is 28.1 Å². The van der Waals surface area contributed by atoms with Gasteiger partial charge in [-0.1, -0.05) is 6.07 Å². The summed E-state index contributed by atoms with van der Waals surface area (Å²) in [6, 6.07) is 10.3. The molecule has 2 aromatic rings. The van der Waals surface area contributed by atoms with Gasteiger partial charge in [-0.05, 0) is 59.3 Å². The van der Waals surface area contributed by atoms with E-state index in [1.807, 2.05) is 6.92 Å². The van der Waals surface area contributed by atoms with Crippen LogP contribution in [0.25, 0.3) is 6.08 Å². The smallest absolute Gasteiger partial charge is 0.270 e. The van der Waals surface area contributed by atoms with E-state index in [2.05, 4.69) is 21.2 Å². The number of benzene rings is 2. The summed E-state index contributed by atoms with van der Waals surface area (Å²) in [4.78, 5) is 27.0. The normalized spacial score (nSPS) is 15.3. The fourth-order valence-corrected chi connectivity index (χ4v) is 3.73. The van der Waals surface area contributed by atoms with E-state index in [9.17, 15) is 9.59 Å². The van der Waals surface area contributed by atoms with Crippen LogP contribution in [0.3, 0.4) is 0 Å². The predicted octanol–water partition coefficient (Wildman–Crippen LogP) is 3.70. The number of nitrogens with zero attached hydrogens (tertiary/aromatic N) is 1. The van der Waals surface area contributed by atoms with E-state index < -0.39 is 11.8 Å². The highest BCUT2D eigenvalue weighted by Gasteiger charge is 2.35. The second-order valence-corrected chi connectivity index (χ2v) is 7.36. The lowest BCUT2D eigenvalue weighted by Crippen LogP contribution is -2.54. The molecule has 1 aliphatic heterocycles. The van der Waals surface area contributed by atoms with Gasteiger partial charge in [-0.3, -0.25) is 19.8 Å². The lowest BCUT2D eigenvalue weighted by molar-refractivity contribution is -0.122. The zero-order chi connectivity index (χ0) is 21.8. The Morgan fingerprint density at radius 2 is 1.87 bits per heavy atom. The van der Waals surface area contributed by atoms with Gasteiger partial charge in [0.2, 0.25) is 0 Å². The fraction of sp³-hybridized carbons (Fsp3) is 0.190. The van der Waals surface area contributed by atoms with Gasteiger partial charge in [0.05, 0.1) is 31.0 Å². The molecule has 1 fully saturated rings. The average Bonchev–Trinajstić information content (AvgIpc) is 2.71. The fourth-order valence-electron chi connectivity index (χ4n) is 2.92. The number of ether oxygens (including phenoxy) is 3. The highest BCUT2D eigenvalue weighted by Crippen LogP contribution is 2.35. The molecule has 1 heterocycles. The quantitative estimate of drug-likeness (QED) is 0.378. The van der Waals surface area contributed by atoms with Crippen molar-refractivity contribution in [1.29, 1.82) is 0 Å². The van der Waals surface area contributed by atoms with E-state index in [-0.39, 0.29) is 10.7 Å². The van der Waals surface area contributed by atoms with Crippen LogP contribution in [0.2, 0.25) is 0 Å². The minimum Gasteiger partial charge on any atom is -0.496 e. The Kier molecular flexibility index (Phi) is 6.73. The summed E-state index contributed by atoms with van der Waals surface area (Å²) in [5.41, 5.74) is 0.935. The number of halogens is 1. The number of hydrogen-bond donors (Lipinski definition) is 1. The summed E-state index contributed by atoms with van der Waals surface area (Å²) in [5.74, 6) is 0.460. The van der Waals surface area contributed by atoms with Crippen molar-refractivity contribution in [3.05, 3.63) is 52.0 Å². The van der Waals surface area contributed by atoms with Gasteiger partial charge in [-0.15, -0.1) is 0 Å². The largest absolute Gasteiger partial charge is 0.496 e. The highest BCUT2D eigenvalue weighted by molar-refractivity contribution is 9.10. The van der Waals surface area contributed by atoms with Crippen molar-refractivity contribution < 1.29 is 23.8 Å². The molecule has 0 spiro atoms. The molecule has 1 N–H and O–H groups in total. The van der Waals surface area contributed by atoms with Crippen LogP contribution in [0.1, 0.15) is 12.5 Å². The molecule has 0 aromatic heterocycles. The number of nitrogens with one attached hydrogen (secondary N) is 1. The predicted molar refractivity (Wildman–Crippen MR) is 121 cm³/mol. The first-order valence-electron chi connectivity index (χ1n) is 8.95. The summed E-state index contributed by atoms with van der Waals surface area (Å²) in [5, 5.41) is 2.56. The van der Waals surface area contributed by atoms with E-state index >= 15 is 0 Å². The zero-order valence-electron chi connectivity index (χ0n) is 16.5. The van der Waals surface area contributed by atoms with Gasteiger partial charge in [0, 0.05) is 17.7 Å². The van der Waals surface area contributed by atoms with Crippen molar-refractivity contribution in [1.82, 2.24) is 5.32 Å². The molecule has 1 aliphatic rings. The number of anilines is 1. The molecule has 0 atom stereocenters.